The third kappa shape index (κ3) is 0.850. The van der Waals surface area contributed by atoms with Gasteiger partial charge in [0.15, 0.2) is 0 Å². The zero-order valence-corrected chi connectivity index (χ0v) is 7.42. The number of thiophene rings is 1. The Bertz CT molecular complexity index is 321. The highest BCUT2D eigenvalue weighted by Gasteiger charge is 2.70. The maximum Gasteiger partial charge on any atom is 0.272 e. The van der Waals surface area contributed by atoms with E-state index in [2.05, 4.69) is 0 Å². The predicted octanol–water partition coefficient (Wildman–Crippen LogP) is 2.25. The Kier molecular flexibility index (Phi) is 1.40. The molecule has 1 unspecified atom stereocenters. The highest BCUT2D eigenvalue weighted by Crippen LogP contribution is 2.58. The molecule has 1 aliphatic carbocycles. The van der Waals surface area contributed by atoms with Gasteiger partial charge in [0, 0.05) is 6.42 Å². The summed E-state index contributed by atoms with van der Waals surface area (Å²) in [7, 11) is 0. The van der Waals surface area contributed by atoms with Gasteiger partial charge in [-0.3, -0.25) is 0 Å². The fraction of sp³-hybridized carbons (Fsp3) is 0.500. The van der Waals surface area contributed by atoms with E-state index in [0.29, 0.717) is 5.56 Å². The topological polar surface area (TPSA) is 26.0 Å². The second-order valence-electron chi connectivity index (χ2n) is 3.32. The number of rotatable bonds is 1. The van der Waals surface area contributed by atoms with E-state index in [-0.39, 0.29) is 6.42 Å². The standard InChI is InChI=1S/C8H9F2NS/c1-5-2-12-3-6(5)7(11)4-8(7,9)10/h2-3H,4,11H2,1H3. The summed E-state index contributed by atoms with van der Waals surface area (Å²) >= 11 is 1.42. The molecule has 2 N–H and O–H groups in total. The summed E-state index contributed by atoms with van der Waals surface area (Å²) < 4.78 is 25.6. The molecule has 1 aliphatic rings. The largest absolute Gasteiger partial charge is 0.316 e. The van der Waals surface area contributed by atoms with Crippen LogP contribution in [0.25, 0.3) is 0 Å². The fourth-order valence-electron chi connectivity index (χ4n) is 1.42. The Hall–Kier alpha value is -0.480. The first-order chi connectivity index (χ1) is 5.47. The molecule has 0 radical (unpaired) electrons. The van der Waals surface area contributed by atoms with Crippen molar-refractivity contribution in [3.8, 4) is 0 Å². The molecule has 4 heteroatoms. The number of nitrogens with two attached hydrogens (primary N) is 1. The van der Waals surface area contributed by atoms with Gasteiger partial charge in [0.1, 0.15) is 5.54 Å². The summed E-state index contributed by atoms with van der Waals surface area (Å²) in [5, 5.41) is 3.56. The molecule has 1 nitrogen and oxygen atoms in total. The van der Waals surface area contributed by atoms with Crippen LogP contribution < -0.4 is 5.73 Å². The molecule has 0 saturated heterocycles. The lowest BCUT2D eigenvalue weighted by Gasteiger charge is -2.09. The van der Waals surface area contributed by atoms with E-state index in [1.54, 1.807) is 5.38 Å². The molecule has 1 saturated carbocycles. The molecular formula is C8H9F2NS. The average Bonchev–Trinajstić information content (AvgIpc) is 2.36. The van der Waals surface area contributed by atoms with E-state index >= 15 is 0 Å². The van der Waals surface area contributed by atoms with Gasteiger partial charge >= 0.3 is 0 Å². The van der Waals surface area contributed by atoms with E-state index in [9.17, 15) is 8.78 Å². The minimum Gasteiger partial charge on any atom is -0.316 e. The van der Waals surface area contributed by atoms with Crippen molar-refractivity contribution in [1.29, 1.82) is 0 Å². The molecule has 1 fully saturated rings. The predicted molar refractivity (Wildman–Crippen MR) is 44.5 cm³/mol. The van der Waals surface area contributed by atoms with E-state index < -0.39 is 11.5 Å². The smallest absolute Gasteiger partial charge is 0.272 e. The van der Waals surface area contributed by atoms with Gasteiger partial charge < -0.3 is 5.73 Å². The molecule has 12 heavy (non-hydrogen) atoms. The van der Waals surface area contributed by atoms with Crippen LogP contribution in [0.2, 0.25) is 0 Å². The maximum absolute atomic E-state index is 12.8. The van der Waals surface area contributed by atoms with Crippen molar-refractivity contribution in [2.45, 2.75) is 24.8 Å². The maximum atomic E-state index is 12.8. The molecule has 1 heterocycles. The molecule has 0 aromatic carbocycles. The first kappa shape index (κ1) is 8.13. The zero-order valence-electron chi connectivity index (χ0n) is 6.60. The lowest BCUT2D eigenvalue weighted by molar-refractivity contribution is 0.0891. The number of hydrogen-bond acceptors (Lipinski definition) is 2. The van der Waals surface area contributed by atoms with Crippen LogP contribution in [0.15, 0.2) is 10.8 Å². The van der Waals surface area contributed by atoms with Crippen LogP contribution in [-0.4, -0.2) is 5.92 Å². The van der Waals surface area contributed by atoms with Gasteiger partial charge in [-0.15, -0.1) is 0 Å². The SMILES string of the molecule is Cc1cscc1C1(N)CC1(F)F. The molecule has 1 atom stereocenters. The molecule has 1 aromatic heterocycles. The lowest BCUT2D eigenvalue weighted by atomic mass is 10.1. The summed E-state index contributed by atoms with van der Waals surface area (Å²) in [5.74, 6) is -2.70. The Morgan fingerprint density at radius 1 is 1.50 bits per heavy atom. The minimum absolute atomic E-state index is 0.211. The summed E-state index contributed by atoms with van der Waals surface area (Å²) in [6.07, 6.45) is -0.211. The van der Waals surface area contributed by atoms with Gasteiger partial charge in [0.2, 0.25) is 0 Å². The lowest BCUT2D eigenvalue weighted by Crippen LogP contribution is -2.27. The first-order valence-electron chi connectivity index (χ1n) is 3.67. The van der Waals surface area contributed by atoms with Crippen LogP contribution in [0.1, 0.15) is 17.5 Å². The van der Waals surface area contributed by atoms with Gasteiger partial charge in [0.25, 0.3) is 5.92 Å². The Morgan fingerprint density at radius 3 is 2.42 bits per heavy atom. The van der Waals surface area contributed by atoms with Gasteiger partial charge in [-0.1, -0.05) is 0 Å². The normalized spacial score (nSPS) is 32.0. The molecule has 0 bridgehead atoms. The van der Waals surface area contributed by atoms with Crippen LogP contribution in [-0.2, 0) is 5.54 Å². The molecule has 1 aromatic rings. The molecule has 0 amide bonds. The van der Waals surface area contributed by atoms with Gasteiger partial charge in [-0.2, -0.15) is 11.3 Å². The van der Waals surface area contributed by atoms with Crippen molar-refractivity contribution in [3.63, 3.8) is 0 Å². The highest BCUT2D eigenvalue weighted by atomic mass is 32.1. The van der Waals surface area contributed by atoms with Crippen molar-refractivity contribution in [2.24, 2.45) is 5.73 Å². The second-order valence-corrected chi connectivity index (χ2v) is 4.06. The number of halogens is 2. The Labute approximate surface area is 73.2 Å². The quantitative estimate of drug-likeness (QED) is 0.720. The van der Waals surface area contributed by atoms with Gasteiger partial charge in [0.05, 0.1) is 0 Å². The molecule has 66 valence electrons. The summed E-state index contributed by atoms with van der Waals surface area (Å²) in [4.78, 5) is 0. The van der Waals surface area contributed by atoms with Gasteiger partial charge in [-0.05, 0) is 28.8 Å². The summed E-state index contributed by atoms with van der Waals surface area (Å²) in [6.45, 7) is 1.81. The fourth-order valence-corrected chi connectivity index (χ4v) is 2.35. The number of alkyl halides is 2. The van der Waals surface area contributed by atoms with Crippen molar-refractivity contribution >= 4 is 11.3 Å². The Morgan fingerprint density at radius 2 is 2.08 bits per heavy atom. The first-order valence-corrected chi connectivity index (χ1v) is 4.62. The van der Waals surface area contributed by atoms with Gasteiger partial charge in [-0.25, -0.2) is 8.78 Å². The van der Waals surface area contributed by atoms with Crippen molar-refractivity contribution < 1.29 is 8.78 Å². The third-order valence-corrected chi connectivity index (χ3v) is 3.23. The molecule has 0 aliphatic heterocycles. The van der Waals surface area contributed by atoms with Crippen molar-refractivity contribution in [2.75, 3.05) is 0 Å². The van der Waals surface area contributed by atoms with Crippen LogP contribution in [0.4, 0.5) is 8.78 Å². The summed E-state index contributed by atoms with van der Waals surface area (Å²) in [6, 6.07) is 0. The highest BCUT2D eigenvalue weighted by molar-refractivity contribution is 7.08. The summed E-state index contributed by atoms with van der Waals surface area (Å²) in [5.41, 5.74) is 5.67. The molecule has 2 rings (SSSR count). The van der Waals surface area contributed by atoms with Crippen molar-refractivity contribution in [3.05, 3.63) is 21.9 Å². The third-order valence-electron chi connectivity index (χ3n) is 2.36. The van der Waals surface area contributed by atoms with Crippen LogP contribution in [0, 0.1) is 6.92 Å². The molecular weight excluding hydrogens is 180 g/mol. The molecule has 0 spiro atoms. The van der Waals surface area contributed by atoms with Crippen LogP contribution in [0.5, 0.6) is 0 Å². The second kappa shape index (κ2) is 2.06. The number of aryl methyl sites for hydroxylation is 1. The van der Waals surface area contributed by atoms with Crippen LogP contribution in [0.3, 0.4) is 0 Å². The zero-order chi connectivity index (χ0) is 8.98. The van der Waals surface area contributed by atoms with E-state index in [1.165, 1.54) is 11.3 Å². The van der Waals surface area contributed by atoms with Crippen LogP contribution >= 0.6 is 11.3 Å². The monoisotopic (exact) mass is 189 g/mol. The van der Waals surface area contributed by atoms with E-state index in [0.717, 1.165) is 5.56 Å². The minimum atomic E-state index is -2.70. The average molecular weight is 189 g/mol. The van der Waals surface area contributed by atoms with E-state index in [4.69, 9.17) is 5.73 Å². The number of hydrogen-bond donors (Lipinski definition) is 1. The Balaban J connectivity index is 2.40. The van der Waals surface area contributed by atoms with Crippen molar-refractivity contribution in [1.82, 2.24) is 0 Å². The van der Waals surface area contributed by atoms with E-state index in [1.807, 2.05) is 12.3 Å².